The molecule has 0 saturated carbocycles. The molecule has 0 aromatic heterocycles. The van der Waals surface area contributed by atoms with Crippen LogP contribution in [0.2, 0.25) is 0 Å². The van der Waals surface area contributed by atoms with Crippen molar-refractivity contribution in [1.29, 1.82) is 0 Å². The van der Waals surface area contributed by atoms with Gasteiger partial charge in [-0.25, -0.2) is 0 Å². The Morgan fingerprint density at radius 3 is 2.81 bits per heavy atom. The fraction of sp³-hybridized carbons (Fsp3) is 0.462. The van der Waals surface area contributed by atoms with Crippen LogP contribution in [-0.4, -0.2) is 13.0 Å². The van der Waals surface area contributed by atoms with Crippen molar-refractivity contribution in [2.75, 3.05) is 7.11 Å². The standard InChI is InChI=1S/C13H19NO2/c1-3-5-10(9-13(14)15)11-6-4-7-12(8-11)16-2/h4,6-8,10H,3,5,9H2,1-2H3,(H2,14,15). The fourth-order valence-electron chi connectivity index (χ4n) is 1.87. The molecule has 16 heavy (non-hydrogen) atoms. The SMILES string of the molecule is CCCC(CC(N)=O)c1cccc(OC)c1. The predicted molar refractivity (Wildman–Crippen MR) is 64.5 cm³/mol. The topological polar surface area (TPSA) is 52.3 Å². The van der Waals surface area contributed by atoms with Gasteiger partial charge in [0.05, 0.1) is 7.11 Å². The molecular formula is C13H19NO2. The van der Waals surface area contributed by atoms with Gasteiger partial charge in [0.15, 0.2) is 0 Å². The molecule has 88 valence electrons. The summed E-state index contributed by atoms with van der Waals surface area (Å²) in [6, 6.07) is 7.84. The van der Waals surface area contributed by atoms with Gasteiger partial charge in [0.1, 0.15) is 5.75 Å². The molecule has 0 spiro atoms. The van der Waals surface area contributed by atoms with Crippen LogP contribution in [0.25, 0.3) is 0 Å². The van der Waals surface area contributed by atoms with Gasteiger partial charge < -0.3 is 10.5 Å². The molecule has 0 saturated heterocycles. The summed E-state index contributed by atoms with van der Waals surface area (Å²) in [6.07, 6.45) is 2.41. The number of methoxy groups -OCH3 is 1. The first-order valence-corrected chi connectivity index (χ1v) is 5.59. The number of ether oxygens (including phenoxy) is 1. The van der Waals surface area contributed by atoms with Crippen molar-refractivity contribution < 1.29 is 9.53 Å². The molecule has 3 heteroatoms. The Hall–Kier alpha value is -1.51. The fourth-order valence-corrected chi connectivity index (χ4v) is 1.87. The van der Waals surface area contributed by atoms with Gasteiger partial charge in [0, 0.05) is 6.42 Å². The molecule has 3 nitrogen and oxygen atoms in total. The third-order valence-electron chi connectivity index (χ3n) is 2.65. The lowest BCUT2D eigenvalue weighted by Gasteiger charge is -2.15. The maximum atomic E-state index is 11.0. The van der Waals surface area contributed by atoms with E-state index in [1.165, 1.54) is 0 Å². The van der Waals surface area contributed by atoms with E-state index in [2.05, 4.69) is 6.92 Å². The number of hydrogen-bond donors (Lipinski definition) is 1. The molecule has 0 fully saturated rings. The smallest absolute Gasteiger partial charge is 0.218 e. The second kappa shape index (κ2) is 6.16. The molecule has 1 aromatic rings. The molecular weight excluding hydrogens is 202 g/mol. The highest BCUT2D eigenvalue weighted by Crippen LogP contribution is 2.27. The van der Waals surface area contributed by atoms with Crippen LogP contribution < -0.4 is 10.5 Å². The van der Waals surface area contributed by atoms with Gasteiger partial charge >= 0.3 is 0 Å². The van der Waals surface area contributed by atoms with Crippen molar-refractivity contribution in [1.82, 2.24) is 0 Å². The van der Waals surface area contributed by atoms with Crippen LogP contribution in [0, 0.1) is 0 Å². The minimum atomic E-state index is -0.249. The van der Waals surface area contributed by atoms with E-state index in [0.717, 1.165) is 24.2 Å². The number of nitrogens with two attached hydrogens (primary N) is 1. The van der Waals surface area contributed by atoms with Gasteiger partial charge in [-0.2, -0.15) is 0 Å². The molecule has 1 aromatic carbocycles. The molecule has 0 aliphatic heterocycles. The second-order valence-electron chi connectivity index (χ2n) is 3.93. The molecule has 0 bridgehead atoms. The van der Waals surface area contributed by atoms with E-state index in [-0.39, 0.29) is 11.8 Å². The van der Waals surface area contributed by atoms with Crippen molar-refractivity contribution in [2.45, 2.75) is 32.1 Å². The van der Waals surface area contributed by atoms with Crippen LogP contribution in [0.3, 0.4) is 0 Å². The summed E-state index contributed by atoms with van der Waals surface area (Å²) >= 11 is 0. The Balaban J connectivity index is 2.86. The Morgan fingerprint density at radius 1 is 1.50 bits per heavy atom. The highest BCUT2D eigenvalue weighted by atomic mass is 16.5. The highest BCUT2D eigenvalue weighted by molar-refractivity contribution is 5.74. The van der Waals surface area contributed by atoms with Crippen LogP contribution in [0.5, 0.6) is 5.75 Å². The average Bonchev–Trinajstić information content (AvgIpc) is 2.28. The largest absolute Gasteiger partial charge is 0.497 e. The first-order valence-electron chi connectivity index (χ1n) is 5.59. The molecule has 2 N–H and O–H groups in total. The lowest BCUT2D eigenvalue weighted by molar-refractivity contribution is -0.118. The predicted octanol–water partition coefficient (Wildman–Crippen LogP) is 2.45. The van der Waals surface area contributed by atoms with Crippen molar-refractivity contribution >= 4 is 5.91 Å². The highest BCUT2D eigenvalue weighted by Gasteiger charge is 2.13. The van der Waals surface area contributed by atoms with Gasteiger partial charge in [-0.15, -0.1) is 0 Å². The number of rotatable bonds is 6. The third kappa shape index (κ3) is 3.57. The van der Waals surface area contributed by atoms with E-state index < -0.39 is 0 Å². The zero-order chi connectivity index (χ0) is 12.0. The van der Waals surface area contributed by atoms with Crippen LogP contribution in [0.1, 0.15) is 37.7 Å². The van der Waals surface area contributed by atoms with Gasteiger partial charge in [-0.05, 0) is 30.0 Å². The Bertz CT molecular complexity index is 350. The van der Waals surface area contributed by atoms with Gasteiger partial charge in [0.2, 0.25) is 5.91 Å². The van der Waals surface area contributed by atoms with Gasteiger partial charge in [-0.3, -0.25) is 4.79 Å². The Kier molecular flexibility index (Phi) is 4.83. The Labute approximate surface area is 96.6 Å². The zero-order valence-electron chi connectivity index (χ0n) is 9.90. The van der Waals surface area contributed by atoms with Gasteiger partial charge in [0.25, 0.3) is 0 Å². The zero-order valence-corrected chi connectivity index (χ0v) is 9.90. The van der Waals surface area contributed by atoms with Crippen LogP contribution in [0.15, 0.2) is 24.3 Å². The summed E-state index contributed by atoms with van der Waals surface area (Å²) in [4.78, 5) is 11.0. The molecule has 1 atom stereocenters. The van der Waals surface area contributed by atoms with Crippen LogP contribution in [-0.2, 0) is 4.79 Å². The maximum absolute atomic E-state index is 11.0. The maximum Gasteiger partial charge on any atom is 0.218 e. The van der Waals surface area contributed by atoms with E-state index in [1.807, 2.05) is 24.3 Å². The normalized spacial score (nSPS) is 12.1. The molecule has 1 amide bonds. The van der Waals surface area contributed by atoms with Gasteiger partial charge in [-0.1, -0.05) is 25.5 Å². The number of hydrogen-bond acceptors (Lipinski definition) is 2. The van der Waals surface area contributed by atoms with Crippen LogP contribution in [0.4, 0.5) is 0 Å². The number of benzene rings is 1. The first-order chi connectivity index (χ1) is 7.67. The number of carbonyl (C=O) groups excluding carboxylic acids is 1. The molecule has 0 radical (unpaired) electrons. The summed E-state index contributed by atoms with van der Waals surface area (Å²) in [5, 5.41) is 0. The van der Waals surface area contributed by atoms with E-state index in [4.69, 9.17) is 10.5 Å². The molecule has 0 aliphatic carbocycles. The number of carbonyl (C=O) groups is 1. The minimum Gasteiger partial charge on any atom is -0.497 e. The van der Waals surface area contributed by atoms with Crippen LogP contribution >= 0.6 is 0 Å². The summed E-state index contributed by atoms with van der Waals surface area (Å²) in [7, 11) is 1.64. The molecule has 1 rings (SSSR count). The van der Waals surface area contributed by atoms with Crippen molar-refractivity contribution in [2.24, 2.45) is 5.73 Å². The lowest BCUT2D eigenvalue weighted by Crippen LogP contribution is -2.15. The van der Waals surface area contributed by atoms with E-state index in [1.54, 1.807) is 7.11 Å². The van der Waals surface area contributed by atoms with Crippen molar-refractivity contribution in [3.05, 3.63) is 29.8 Å². The van der Waals surface area contributed by atoms with E-state index >= 15 is 0 Å². The molecule has 0 aliphatic rings. The number of amides is 1. The van der Waals surface area contributed by atoms with Crippen molar-refractivity contribution in [3.63, 3.8) is 0 Å². The summed E-state index contributed by atoms with van der Waals surface area (Å²) < 4.78 is 5.17. The summed E-state index contributed by atoms with van der Waals surface area (Å²) in [5.41, 5.74) is 6.39. The first kappa shape index (κ1) is 12.6. The summed E-state index contributed by atoms with van der Waals surface area (Å²) in [5.74, 6) is 0.780. The average molecular weight is 221 g/mol. The lowest BCUT2D eigenvalue weighted by atomic mass is 9.91. The van der Waals surface area contributed by atoms with Crippen molar-refractivity contribution in [3.8, 4) is 5.75 Å². The third-order valence-corrected chi connectivity index (χ3v) is 2.65. The summed E-state index contributed by atoms with van der Waals surface area (Å²) in [6.45, 7) is 2.11. The molecule has 0 heterocycles. The minimum absolute atomic E-state index is 0.206. The molecule has 1 unspecified atom stereocenters. The quantitative estimate of drug-likeness (QED) is 0.802. The second-order valence-corrected chi connectivity index (χ2v) is 3.93. The van der Waals surface area contributed by atoms with E-state index in [9.17, 15) is 4.79 Å². The Morgan fingerprint density at radius 2 is 2.25 bits per heavy atom. The number of primary amides is 1. The van der Waals surface area contributed by atoms with E-state index in [0.29, 0.717) is 6.42 Å². The monoisotopic (exact) mass is 221 g/mol.